The number of anilines is 2. The van der Waals surface area contributed by atoms with Crippen LogP contribution in [0, 0.1) is 12.7 Å². The second kappa shape index (κ2) is 9.68. The Kier molecular flexibility index (Phi) is 7.31. The van der Waals surface area contributed by atoms with Crippen molar-refractivity contribution in [2.45, 2.75) is 13.8 Å². The highest BCUT2D eigenvalue weighted by atomic mass is 19.1. The number of carbonyl (C=O) groups is 2. The number of quaternary nitrogens is 1. The monoisotopic (exact) mass is 374 g/mol. The first-order chi connectivity index (χ1) is 12.9. The van der Waals surface area contributed by atoms with Crippen LogP contribution in [0.25, 0.3) is 0 Å². The third-order valence-electron chi connectivity index (χ3n) is 4.10. The zero-order valence-corrected chi connectivity index (χ0v) is 15.8. The molecular formula is C20H25FN3O3+. The van der Waals surface area contributed by atoms with Gasteiger partial charge in [0, 0.05) is 0 Å². The van der Waals surface area contributed by atoms with Gasteiger partial charge in [-0.1, -0.05) is 18.2 Å². The second-order valence-corrected chi connectivity index (χ2v) is 6.24. The van der Waals surface area contributed by atoms with Crippen LogP contribution in [-0.2, 0) is 9.59 Å². The van der Waals surface area contributed by atoms with E-state index in [0.29, 0.717) is 18.0 Å². The summed E-state index contributed by atoms with van der Waals surface area (Å²) in [7, 11) is 1.53. The van der Waals surface area contributed by atoms with E-state index >= 15 is 0 Å². The number of halogens is 1. The number of ether oxygens (including phenoxy) is 1. The van der Waals surface area contributed by atoms with Crippen LogP contribution < -0.4 is 20.3 Å². The fourth-order valence-electron chi connectivity index (χ4n) is 2.62. The number of amides is 2. The van der Waals surface area contributed by atoms with Gasteiger partial charge in [-0.15, -0.1) is 0 Å². The lowest BCUT2D eigenvalue weighted by molar-refractivity contribution is -0.881. The van der Waals surface area contributed by atoms with Crippen molar-refractivity contribution in [1.82, 2.24) is 0 Å². The summed E-state index contributed by atoms with van der Waals surface area (Å²) in [5.41, 5.74) is 1.49. The van der Waals surface area contributed by atoms with Gasteiger partial charge < -0.3 is 20.3 Å². The van der Waals surface area contributed by atoms with E-state index < -0.39 is 5.82 Å². The third-order valence-corrected chi connectivity index (χ3v) is 4.10. The van der Waals surface area contributed by atoms with Gasteiger partial charge >= 0.3 is 0 Å². The number of aryl methyl sites for hydroxylation is 1. The zero-order chi connectivity index (χ0) is 19.8. The third kappa shape index (κ3) is 6.07. The van der Waals surface area contributed by atoms with Crippen molar-refractivity contribution >= 4 is 23.2 Å². The van der Waals surface area contributed by atoms with Crippen molar-refractivity contribution in [3.05, 3.63) is 53.8 Å². The van der Waals surface area contributed by atoms with Crippen molar-refractivity contribution in [3.8, 4) is 5.75 Å². The van der Waals surface area contributed by atoms with Crippen LogP contribution in [0.4, 0.5) is 15.8 Å². The molecule has 0 saturated carbocycles. The minimum atomic E-state index is -0.477. The maximum Gasteiger partial charge on any atom is 0.279 e. The summed E-state index contributed by atoms with van der Waals surface area (Å²) in [6, 6.07) is 11.7. The molecule has 0 aliphatic heterocycles. The molecule has 3 N–H and O–H groups in total. The summed E-state index contributed by atoms with van der Waals surface area (Å²) in [5.74, 6) is -0.489. The van der Waals surface area contributed by atoms with E-state index in [1.165, 1.54) is 19.2 Å². The van der Waals surface area contributed by atoms with Gasteiger partial charge in [-0.25, -0.2) is 4.39 Å². The van der Waals surface area contributed by atoms with Crippen LogP contribution in [0.5, 0.6) is 5.75 Å². The van der Waals surface area contributed by atoms with Crippen molar-refractivity contribution in [2.75, 3.05) is 37.4 Å². The molecule has 1 atom stereocenters. The number of hydrogen-bond donors (Lipinski definition) is 3. The Morgan fingerprint density at radius 1 is 1.04 bits per heavy atom. The van der Waals surface area contributed by atoms with E-state index in [1.807, 2.05) is 13.0 Å². The molecule has 0 aromatic heterocycles. The van der Waals surface area contributed by atoms with Crippen molar-refractivity contribution in [1.29, 1.82) is 0 Å². The molecule has 144 valence electrons. The lowest BCUT2D eigenvalue weighted by Crippen LogP contribution is -3.13. The molecule has 2 amide bonds. The molecule has 2 aromatic rings. The fourth-order valence-corrected chi connectivity index (χ4v) is 2.62. The first kappa shape index (κ1) is 20.4. The Hall–Kier alpha value is -2.93. The van der Waals surface area contributed by atoms with Crippen molar-refractivity contribution in [3.63, 3.8) is 0 Å². The normalized spacial score (nSPS) is 11.6. The molecule has 0 saturated heterocycles. The summed E-state index contributed by atoms with van der Waals surface area (Å²) in [6.07, 6.45) is 0. The fraction of sp³-hybridized carbons (Fsp3) is 0.300. The Morgan fingerprint density at radius 2 is 1.67 bits per heavy atom. The van der Waals surface area contributed by atoms with E-state index in [2.05, 4.69) is 10.6 Å². The van der Waals surface area contributed by atoms with Gasteiger partial charge in [0.1, 0.15) is 11.6 Å². The lowest BCUT2D eigenvalue weighted by Gasteiger charge is -2.17. The highest BCUT2D eigenvalue weighted by molar-refractivity contribution is 5.94. The first-order valence-corrected chi connectivity index (χ1v) is 8.75. The van der Waals surface area contributed by atoms with Crippen LogP contribution >= 0.6 is 0 Å². The van der Waals surface area contributed by atoms with Crippen LogP contribution in [0.1, 0.15) is 12.5 Å². The largest absolute Gasteiger partial charge is 0.495 e. The topological polar surface area (TPSA) is 71.9 Å². The highest BCUT2D eigenvalue weighted by Gasteiger charge is 2.18. The van der Waals surface area contributed by atoms with Gasteiger partial charge in [0.2, 0.25) is 0 Å². The van der Waals surface area contributed by atoms with Crippen LogP contribution in [0.3, 0.4) is 0 Å². The van der Waals surface area contributed by atoms with Crippen LogP contribution in [-0.4, -0.2) is 38.6 Å². The number of hydrogen-bond acceptors (Lipinski definition) is 3. The molecule has 0 heterocycles. The smallest absolute Gasteiger partial charge is 0.279 e. The van der Waals surface area contributed by atoms with E-state index in [1.54, 1.807) is 31.2 Å². The van der Waals surface area contributed by atoms with E-state index in [0.717, 1.165) is 10.5 Å². The molecule has 0 aliphatic rings. The van der Waals surface area contributed by atoms with Gasteiger partial charge in [0.25, 0.3) is 11.8 Å². The standard InChI is InChI=1S/C20H24FN3O3/c1-4-24(12-19(25)22-16-10-9-14(2)11-15(16)21)13-20(26)23-17-7-5-6-8-18(17)27-3/h5-11H,4,12-13H2,1-3H3,(H,22,25)(H,23,26)/p+1. The minimum Gasteiger partial charge on any atom is -0.495 e. The number of methoxy groups -OCH3 is 1. The molecule has 0 radical (unpaired) electrons. The molecular weight excluding hydrogens is 349 g/mol. The molecule has 2 rings (SSSR count). The molecule has 7 heteroatoms. The van der Waals surface area contributed by atoms with Gasteiger partial charge in [0.05, 0.1) is 25.0 Å². The number of likely N-dealkylation sites (N-methyl/N-ethyl adjacent to an activating group) is 1. The SMILES string of the molecule is CC[NH+](CC(=O)Nc1ccc(C)cc1F)CC(=O)Nc1ccccc1OC. The molecule has 0 spiro atoms. The Bertz CT molecular complexity index is 811. The zero-order valence-electron chi connectivity index (χ0n) is 15.8. The maximum atomic E-state index is 13.9. The molecule has 6 nitrogen and oxygen atoms in total. The molecule has 0 fully saturated rings. The summed E-state index contributed by atoms with van der Waals surface area (Å²) in [5, 5.41) is 5.34. The predicted molar refractivity (Wildman–Crippen MR) is 103 cm³/mol. The predicted octanol–water partition coefficient (Wildman–Crippen LogP) is 1.62. The van der Waals surface area contributed by atoms with Crippen LogP contribution in [0.15, 0.2) is 42.5 Å². The Morgan fingerprint density at radius 3 is 2.26 bits per heavy atom. The quantitative estimate of drug-likeness (QED) is 0.658. The van der Waals surface area contributed by atoms with Crippen LogP contribution in [0.2, 0.25) is 0 Å². The second-order valence-electron chi connectivity index (χ2n) is 6.24. The van der Waals surface area contributed by atoms with E-state index in [-0.39, 0.29) is 30.6 Å². The van der Waals surface area contributed by atoms with E-state index in [9.17, 15) is 14.0 Å². The minimum absolute atomic E-state index is 0.0587. The number of nitrogens with one attached hydrogen (secondary N) is 3. The summed E-state index contributed by atoms with van der Waals surface area (Å²) in [6.45, 7) is 4.40. The summed E-state index contributed by atoms with van der Waals surface area (Å²) < 4.78 is 19.1. The number of rotatable bonds is 8. The first-order valence-electron chi connectivity index (χ1n) is 8.75. The Balaban J connectivity index is 1.92. The van der Waals surface area contributed by atoms with Crippen molar-refractivity contribution < 1.29 is 23.6 Å². The molecule has 27 heavy (non-hydrogen) atoms. The van der Waals surface area contributed by atoms with E-state index in [4.69, 9.17) is 4.74 Å². The number of benzene rings is 2. The molecule has 1 unspecified atom stereocenters. The maximum absolute atomic E-state index is 13.9. The highest BCUT2D eigenvalue weighted by Crippen LogP contribution is 2.22. The van der Waals surface area contributed by atoms with Gasteiger partial charge in [0.15, 0.2) is 13.1 Å². The summed E-state index contributed by atoms with van der Waals surface area (Å²) in [4.78, 5) is 25.3. The number of para-hydroxylation sites is 2. The Labute approximate surface area is 158 Å². The van der Waals surface area contributed by atoms with Crippen molar-refractivity contribution in [2.24, 2.45) is 0 Å². The molecule has 2 aromatic carbocycles. The van der Waals surface area contributed by atoms with Gasteiger partial charge in [-0.2, -0.15) is 0 Å². The lowest BCUT2D eigenvalue weighted by atomic mass is 10.2. The molecule has 0 aliphatic carbocycles. The summed E-state index contributed by atoms with van der Waals surface area (Å²) >= 11 is 0. The van der Waals surface area contributed by atoms with Gasteiger partial charge in [-0.05, 0) is 43.7 Å². The average molecular weight is 374 g/mol. The van der Waals surface area contributed by atoms with Gasteiger partial charge in [-0.3, -0.25) is 9.59 Å². The number of carbonyl (C=O) groups excluding carboxylic acids is 2. The average Bonchev–Trinajstić information content (AvgIpc) is 2.64. The molecule has 0 bridgehead atoms.